The van der Waals surface area contributed by atoms with E-state index < -0.39 is 5.91 Å². The number of halogens is 1. The molecule has 1 unspecified atom stereocenters. The number of rotatable bonds is 4. The summed E-state index contributed by atoms with van der Waals surface area (Å²) in [5, 5.41) is 0. The summed E-state index contributed by atoms with van der Waals surface area (Å²) in [6.45, 7) is 1.23. The van der Waals surface area contributed by atoms with E-state index >= 15 is 0 Å². The summed E-state index contributed by atoms with van der Waals surface area (Å²) in [6, 6.07) is 10.8. The van der Waals surface area contributed by atoms with Gasteiger partial charge in [-0.3, -0.25) is 14.6 Å². The van der Waals surface area contributed by atoms with Gasteiger partial charge in [0.05, 0.1) is 6.54 Å². The average molecular weight is 451 g/mol. The molecule has 1 saturated heterocycles. The molecule has 130 valence electrons. The molecule has 2 heterocycles. The number of pyridine rings is 1. The maximum absolute atomic E-state index is 12.6. The Morgan fingerprint density at radius 2 is 2.00 bits per heavy atom. The highest BCUT2D eigenvalue weighted by Gasteiger charge is 2.25. The monoisotopic (exact) mass is 451 g/mol. The molecule has 0 bridgehead atoms. The third-order valence-corrected chi connectivity index (χ3v) is 4.76. The Balaban J connectivity index is 1.66. The average Bonchev–Trinajstić information content (AvgIpc) is 2.62. The summed E-state index contributed by atoms with van der Waals surface area (Å²) < 4.78 is 7.03. The number of carbonyl (C=O) groups is 2. The lowest BCUT2D eigenvalue weighted by Gasteiger charge is -2.33. The minimum absolute atomic E-state index is 0.0113. The summed E-state index contributed by atoms with van der Waals surface area (Å²) in [5.41, 5.74) is 6.09. The molecular formula is C18H18IN3O3. The Labute approximate surface area is 159 Å². The first kappa shape index (κ1) is 17.7. The number of carbonyl (C=O) groups excluding carboxylic acids is 2. The van der Waals surface area contributed by atoms with Crippen molar-refractivity contribution in [3.8, 4) is 5.75 Å². The summed E-state index contributed by atoms with van der Waals surface area (Å²) in [6.07, 6.45) is 3.09. The van der Waals surface area contributed by atoms with Gasteiger partial charge in [0.15, 0.2) is 0 Å². The van der Waals surface area contributed by atoms with Gasteiger partial charge in [-0.25, -0.2) is 0 Å². The Hall–Kier alpha value is -2.16. The molecule has 0 radical (unpaired) electrons. The molecule has 1 aromatic heterocycles. The second kappa shape index (κ2) is 7.81. The molecule has 2 aromatic rings. The van der Waals surface area contributed by atoms with Gasteiger partial charge in [0.2, 0.25) is 0 Å². The molecule has 1 aromatic carbocycles. The Morgan fingerprint density at radius 1 is 1.24 bits per heavy atom. The van der Waals surface area contributed by atoms with Gasteiger partial charge in [-0.2, -0.15) is 0 Å². The van der Waals surface area contributed by atoms with Crippen molar-refractivity contribution in [1.82, 2.24) is 9.88 Å². The fourth-order valence-corrected chi connectivity index (χ4v) is 3.17. The Kier molecular flexibility index (Phi) is 5.52. The molecule has 7 heteroatoms. The second-order valence-electron chi connectivity index (χ2n) is 5.88. The zero-order valence-electron chi connectivity index (χ0n) is 13.5. The highest BCUT2D eigenvalue weighted by molar-refractivity contribution is 14.1. The smallest absolute Gasteiger partial charge is 0.267 e. The van der Waals surface area contributed by atoms with Crippen LogP contribution in [0.3, 0.4) is 0 Å². The van der Waals surface area contributed by atoms with Crippen molar-refractivity contribution < 1.29 is 14.3 Å². The number of hydrogen-bond acceptors (Lipinski definition) is 4. The van der Waals surface area contributed by atoms with E-state index in [2.05, 4.69) is 27.6 Å². The lowest BCUT2D eigenvalue weighted by molar-refractivity contribution is 0.0537. The molecule has 1 aliphatic heterocycles. The van der Waals surface area contributed by atoms with Gasteiger partial charge in [-0.1, -0.05) is 0 Å². The summed E-state index contributed by atoms with van der Waals surface area (Å²) in [5.74, 6) is -0.0424. The van der Waals surface area contributed by atoms with E-state index in [9.17, 15) is 9.59 Å². The quantitative estimate of drug-likeness (QED) is 0.724. The van der Waals surface area contributed by atoms with Crippen LogP contribution in [0.2, 0.25) is 0 Å². The standard InChI is InChI=1S/C18H18IN3O3/c19-13-5-3-12(4-6-13)18(24)22-9-1-2-15(11-22)25-14-7-8-21-16(10-14)17(20)23/h3-8,10,15H,1-2,9,11H2,(H2,20,23). The van der Waals surface area contributed by atoms with Gasteiger partial charge in [-0.05, 0) is 65.8 Å². The number of hydrogen-bond donors (Lipinski definition) is 1. The molecule has 0 saturated carbocycles. The van der Waals surface area contributed by atoms with Crippen LogP contribution in [-0.4, -0.2) is 40.9 Å². The third-order valence-electron chi connectivity index (χ3n) is 4.04. The van der Waals surface area contributed by atoms with Crippen LogP contribution in [-0.2, 0) is 0 Å². The number of primary amides is 1. The van der Waals surface area contributed by atoms with Gasteiger partial charge < -0.3 is 15.4 Å². The predicted octanol–water partition coefficient (Wildman–Crippen LogP) is 2.47. The lowest BCUT2D eigenvalue weighted by Crippen LogP contribution is -2.44. The normalized spacial score (nSPS) is 17.2. The van der Waals surface area contributed by atoms with Crippen molar-refractivity contribution >= 4 is 34.4 Å². The topological polar surface area (TPSA) is 85.5 Å². The second-order valence-corrected chi connectivity index (χ2v) is 7.13. The Bertz CT molecular complexity index is 779. The number of nitrogens with two attached hydrogens (primary N) is 1. The van der Waals surface area contributed by atoms with E-state index in [0.717, 1.165) is 16.4 Å². The predicted molar refractivity (Wildman–Crippen MR) is 101 cm³/mol. The van der Waals surface area contributed by atoms with Crippen molar-refractivity contribution in [2.24, 2.45) is 5.73 Å². The first-order valence-electron chi connectivity index (χ1n) is 8.00. The molecule has 0 spiro atoms. The number of piperidine rings is 1. The number of amides is 2. The zero-order chi connectivity index (χ0) is 17.8. The number of aromatic nitrogens is 1. The molecule has 2 amide bonds. The van der Waals surface area contributed by atoms with E-state index in [1.54, 1.807) is 6.07 Å². The van der Waals surface area contributed by atoms with E-state index in [0.29, 0.717) is 24.4 Å². The number of nitrogens with zero attached hydrogens (tertiary/aromatic N) is 2. The minimum Gasteiger partial charge on any atom is -0.488 e. The van der Waals surface area contributed by atoms with Crippen molar-refractivity contribution in [2.75, 3.05) is 13.1 Å². The first-order chi connectivity index (χ1) is 12.0. The lowest BCUT2D eigenvalue weighted by atomic mass is 10.1. The minimum atomic E-state index is -0.593. The summed E-state index contributed by atoms with van der Waals surface area (Å²) >= 11 is 2.21. The van der Waals surface area contributed by atoms with Gasteiger partial charge in [-0.15, -0.1) is 0 Å². The maximum atomic E-state index is 12.6. The number of benzene rings is 1. The van der Waals surface area contributed by atoms with E-state index in [1.807, 2.05) is 29.2 Å². The number of likely N-dealkylation sites (tertiary alicyclic amines) is 1. The van der Waals surface area contributed by atoms with Crippen molar-refractivity contribution in [2.45, 2.75) is 18.9 Å². The van der Waals surface area contributed by atoms with Crippen molar-refractivity contribution in [3.63, 3.8) is 0 Å². The SMILES string of the molecule is NC(=O)c1cc(OC2CCCN(C(=O)c3ccc(I)cc3)C2)ccn1. The zero-order valence-corrected chi connectivity index (χ0v) is 15.7. The number of ether oxygens (including phenoxy) is 1. The Morgan fingerprint density at radius 3 is 2.72 bits per heavy atom. The molecule has 3 rings (SSSR count). The molecule has 25 heavy (non-hydrogen) atoms. The molecule has 1 atom stereocenters. The first-order valence-corrected chi connectivity index (χ1v) is 9.08. The highest BCUT2D eigenvalue weighted by atomic mass is 127. The van der Waals surface area contributed by atoms with Crippen LogP contribution < -0.4 is 10.5 Å². The van der Waals surface area contributed by atoms with Crippen molar-refractivity contribution in [3.05, 3.63) is 57.4 Å². The molecule has 1 fully saturated rings. The van der Waals surface area contributed by atoms with Crippen LogP contribution in [0, 0.1) is 3.57 Å². The van der Waals surface area contributed by atoms with E-state index in [4.69, 9.17) is 10.5 Å². The van der Waals surface area contributed by atoms with Crippen LogP contribution in [0.4, 0.5) is 0 Å². The molecule has 0 aliphatic carbocycles. The molecule has 1 aliphatic rings. The van der Waals surface area contributed by atoms with Crippen molar-refractivity contribution in [1.29, 1.82) is 0 Å². The largest absolute Gasteiger partial charge is 0.488 e. The highest BCUT2D eigenvalue weighted by Crippen LogP contribution is 2.20. The van der Waals surface area contributed by atoms with E-state index in [1.165, 1.54) is 12.3 Å². The van der Waals surface area contributed by atoms with Crippen LogP contribution >= 0.6 is 22.6 Å². The molecule has 2 N–H and O–H groups in total. The van der Waals surface area contributed by atoms with Gasteiger partial charge in [0.25, 0.3) is 11.8 Å². The van der Waals surface area contributed by atoms with Crippen LogP contribution in [0.25, 0.3) is 0 Å². The third kappa shape index (κ3) is 4.47. The van der Waals surface area contributed by atoms with Gasteiger partial charge >= 0.3 is 0 Å². The molecular weight excluding hydrogens is 433 g/mol. The van der Waals surface area contributed by atoms with Gasteiger partial charge in [0.1, 0.15) is 17.5 Å². The van der Waals surface area contributed by atoms with Crippen LogP contribution in [0.15, 0.2) is 42.6 Å². The van der Waals surface area contributed by atoms with E-state index in [-0.39, 0.29) is 17.7 Å². The van der Waals surface area contributed by atoms with Gasteiger partial charge in [0, 0.05) is 27.9 Å². The maximum Gasteiger partial charge on any atom is 0.267 e. The fourth-order valence-electron chi connectivity index (χ4n) is 2.81. The summed E-state index contributed by atoms with van der Waals surface area (Å²) in [4.78, 5) is 29.6. The van der Waals surface area contributed by atoms with Crippen LogP contribution in [0.1, 0.15) is 33.7 Å². The molecule has 6 nitrogen and oxygen atoms in total. The fraction of sp³-hybridized carbons (Fsp3) is 0.278. The summed E-state index contributed by atoms with van der Waals surface area (Å²) in [7, 11) is 0. The van der Waals surface area contributed by atoms with Crippen LogP contribution in [0.5, 0.6) is 5.75 Å².